The maximum atomic E-state index is 12.0. The summed E-state index contributed by atoms with van der Waals surface area (Å²) >= 11 is 0. The van der Waals surface area contributed by atoms with Crippen molar-refractivity contribution in [2.45, 2.75) is 31.5 Å². The maximum absolute atomic E-state index is 12.0. The average molecular weight is 259 g/mol. The lowest BCUT2D eigenvalue weighted by Gasteiger charge is -2.26. The van der Waals surface area contributed by atoms with E-state index in [1.165, 1.54) is 0 Å². The second-order valence-corrected chi connectivity index (χ2v) is 4.40. The second kappa shape index (κ2) is 5.61. The van der Waals surface area contributed by atoms with E-state index in [9.17, 15) is 13.2 Å². The van der Waals surface area contributed by atoms with E-state index in [4.69, 9.17) is 4.74 Å². The third kappa shape index (κ3) is 3.63. The molecule has 1 aromatic rings. The zero-order valence-corrected chi connectivity index (χ0v) is 9.96. The van der Waals surface area contributed by atoms with Crippen molar-refractivity contribution < 1.29 is 17.9 Å². The van der Waals surface area contributed by atoms with Gasteiger partial charge in [-0.05, 0) is 19.0 Å². The van der Waals surface area contributed by atoms with Crippen LogP contribution in [0.25, 0.3) is 0 Å². The van der Waals surface area contributed by atoms with E-state index in [2.05, 4.69) is 5.32 Å². The quantitative estimate of drug-likeness (QED) is 0.836. The predicted molar refractivity (Wildman–Crippen MR) is 62.6 cm³/mol. The first-order valence-electron chi connectivity index (χ1n) is 6.08. The Morgan fingerprint density at radius 3 is 2.83 bits per heavy atom. The minimum absolute atomic E-state index is 0.100. The van der Waals surface area contributed by atoms with Crippen LogP contribution in [-0.4, -0.2) is 19.3 Å². The first-order chi connectivity index (χ1) is 8.56. The van der Waals surface area contributed by atoms with Gasteiger partial charge in [-0.25, -0.2) is 0 Å². The highest BCUT2D eigenvalue weighted by Crippen LogP contribution is 2.31. The molecule has 2 rings (SSSR count). The number of hydrogen-bond donors (Lipinski definition) is 1. The van der Waals surface area contributed by atoms with Crippen molar-refractivity contribution >= 4 is 0 Å². The largest absolute Gasteiger partial charge is 0.493 e. The zero-order valence-electron chi connectivity index (χ0n) is 9.96. The van der Waals surface area contributed by atoms with Gasteiger partial charge in [-0.3, -0.25) is 0 Å². The third-order valence-corrected chi connectivity index (χ3v) is 2.99. The molecule has 2 nitrogen and oxygen atoms in total. The van der Waals surface area contributed by atoms with Gasteiger partial charge in [-0.1, -0.05) is 18.2 Å². The summed E-state index contributed by atoms with van der Waals surface area (Å²) < 4.78 is 41.5. The van der Waals surface area contributed by atoms with E-state index in [1.807, 2.05) is 24.3 Å². The summed E-state index contributed by atoms with van der Waals surface area (Å²) in [6.45, 7) is 0.979. The Morgan fingerprint density at radius 1 is 1.28 bits per heavy atom. The molecule has 0 fully saturated rings. The highest BCUT2D eigenvalue weighted by molar-refractivity contribution is 5.37. The number of ether oxygens (including phenoxy) is 1. The van der Waals surface area contributed by atoms with Crippen LogP contribution >= 0.6 is 0 Å². The Kier molecular flexibility index (Phi) is 4.11. The molecular weight excluding hydrogens is 243 g/mol. The summed E-state index contributed by atoms with van der Waals surface area (Å²) in [6, 6.07) is 7.75. The molecule has 1 aromatic carbocycles. The van der Waals surface area contributed by atoms with Gasteiger partial charge in [0, 0.05) is 24.4 Å². The Hall–Kier alpha value is -1.23. The fourth-order valence-corrected chi connectivity index (χ4v) is 2.12. The number of alkyl halides is 3. The molecule has 100 valence electrons. The van der Waals surface area contributed by atoms with E-state index < -0.39 is 12.6 Å². The van der Waals surface area contributed by atoms with Crippen molar-refractivity contribution in [3.8, 4) is 5.75 Å². The van der Waals surface area contributed by atoms with Gasteiger partial charge < -0.3 is 10.1 Å². The number of rotatable bonds is 4. The van der Waals surface area contributed by atoms with Gasteiger partial charge in [-0.2, -0.15) is 13.2 Å². The number of fused-ring (bicyclic) bond motifs is 1. The molecular formula is C13H16F3NO. The van der Waals surface area contributed by atoms with Crippen LogP contribution in [0.3, 0.4) is 0 Å². The van der Waals surface area contributed by atoms with Gasteiger partial charge in [0.2, 0.25) is 0 Å². The molecule has 1 aliphatic heterocycles. The third-order valence-electron chi connectivity index (χ3n) is 2.99. The average Bonchev–Trinajstić information content (AvgIpc) is 2.33. The molecule has 0 aliphatic carbocycles. The van der Waals surface area contributed by atoms with E-state index in [0.717, 1.165) is 17.7 Å². The Bertz CT molecular complexity index is 392. The molecule has 0 bridgehead atoms. The molecule has 0 radical (unpaired) electrons. The van der Waals surface area contributed by atoms with Crippen LogP contribution < -0.4 is 10.1 Å². The SMILES string of the molecule is FC(F)(F)CCCNC1CCOc2ccccc21. The fourth-order valence-electron chi connectivity index (χ4n) is 2.12. The molecule has 0 amide bonds. The van der Waals surface area contributed by atoms with Crippen molar-refractivity contribution in [1.29, 1.82) is 0 Å². The van der Waals surface area contributed by atoms with Crippen molar-refractivity contribution in [3.63, 3.8) is 0 Å². The van der Waals surface area contributed by atoms with Crippen molar-refractivity contribution in [3.05, 3.63) is 29.8 Å². The number of benzene rings is 1. The fraction of sp³-hybridized carbons (Fsp3) is 0.538. The van der Waals surface area contributed by atoms with Crippen LogP contribution in [0.1, 0.15) is 30.9 Å². The van der Waals surface area contributed by atoms with Crippen LogP contribution in [0.5, 0.6) is 5.75 Å². The molecule has 1 atom stereocenters. The summed E-state index contributed by atoms with van der Waals surface area (Å²) in [5, 5.41) is 3.17. The monoisotopic (exact) mass is 259 g/mol. The topological polar surface area (TPSA) is 21.3 Å². The minimum Gasteiger partial charge on any atom is -0.493 e. The Labute approximate surface area is 104 Å². The lowest BCUT2D eigenvalue weighted by atomic mass is 10.0. The summed E-state index contributed by atoms with van der Waals surface area (Å²) in [5.41, 5.74) is 1.04. The van der Waals surface area contributed by atoms with Gasteiger partial charge in [0.25, 0.3) is 0 Å². The summed E-state index contributed by atoms with van der Waals surface area (Å²) in [4.78, 5) is 0. The second-order valence-electron chi connectivity index (χ2n) is 4.40. The number of halogens is 3. The maximum Gasteiger partial charge on any atom is 0.389 e. The number of nitrogens with one attached hydrogen (secondary N) is 1. The highest BCUT2D eigenvalue weighted by Gasteiger charge is 2.26. The smallest absolute Gasteiger partial charge is 0.389 e. The van der Waals surface area contributed by atoms with Crippen LogP contribution in [0.4, 0.5) is 13.2 Å². The van der Waals surface area contributed by atoms with Gasteiger partial charge in [-0.15, -0.1) is 0 Å². The van der Waals surface area contributed by atoms with Gasteiger partial charge in [0.15, 0.2) is 0 Å². The Balaban J connectivity index is 1.84. The lowest BCUT2D eigenvalue weighted by Crippen LogP contribution is -2.28. The molecule has 1 N–H and O–H groups in total. The van der Waals surface area contributed by atoms with Crippen LogP contribution in [0.2, 0.25) is 0 Å². The molecule has 5 heteroatoms. The molecule has 0 spiro atoms. The molecule has 1 aliphatic rings. The van der Waals surface area contributed by atoms with Crippen LogP contribution in [0.15, 0.2) is 24.3 Å². The first-order valence-corrected chi connectivity index (χ1v) is 6.08. The predicted octanol–water partition coefficient (Wildman–Crippen LogP) is 3.44. The standard InChI is InChI=1S/C13H16F3NO/c14-13(15,16)7-3-8-17-11-6-9-18-12-5-2-1-4-10(11)12/h1-2,4-5,11,17H,3,6-9H2. The number of hydrogen-bond acceptors (Lipinski definition) is 2. The summed E-state index contributed by atoms with van der Waals surface area (Å²) in [5.74, 6) is 0.831. The highest BCUT2D eigenvalue weighted by atomic mass is 19.4. The van der Waals surface area contributed by atoms with E-state index in [0.29, 0.717) is 13.2 Å². The summed E-state index contributed by atoms with van der Waals surface area (Å²) in [7, 11) is 0. The van der Waals surface area contributed by atoms with E-state index in [-0.39, 0.29) is 12.5 Å². The normalized spacial score (nSPS) is 19.2. The lowest BCUT2D eigenvalue weighted by molar-refractivity contribution is -0.135. The minimum atomic E-state index is -4.06. The van der Waals surface area contributed by atoms with Gasteiger partial charge in [0.1, 0.15) is 5.75 Å². The molecule has 1 unspecified atom stereocenters. The molecule has 0 saturated carbocycles. The number of para-hydroxylation sites is 1. The van der Waals surface area contributed by atoms with Gasteiger partial charge in [0.05, 0.1) is 6.61 Å². The Morgan fingerprint density at radius 2 is 2.06 bits per heavy atom. The van der Waals surface area contributed by atoms with E-state index >= 15 is 0 Å². The van der Waals surface area contributed by atoms with Crippen molar-refractivity contribution in [1.82, 2.24) is 5.32 Å². The first kappa shape index (κ1) is 13.2. The van der Waals surface area contributed by atoms with Crippen LogP contribution in [0, 0.1) is 0 Å². The molecule has 0 aromatic heterocycles. The molecule has 18 heavy (non-hydrogen) atoms. The molecule has 1 heterocycles. The zero-order chi connectivity index (χ0) is 13.0. The molecule has 0 saturated heterocycles. The van der Waals surface area contributed by atoms with Crippen molar-refractivity contribution in [2.75, 3.05) is 13.2 Å². The summed E-state index contributed by atoms with van der Waals surface area (Å²) in [6.07, 6.45) is -3.88. The van der Waals surface area contributed by atoms with Gasteiger partial charge >= 0.3 is 6.18 Å². The van der Waals surface area contributed by atoms with Crippen molar-refractivity contribution in [2.24, 2.45) is 0 Å². The van der Waals surface area contributed by atoms with Crippen LogP contribution in [-0.2, 0) is 0 Å². The van der Waals surface area contributed by atoms with E-state index in [1.54, 1.807) is 0 Å².